The van der Waals surface area contributed by atoms with E-state index in [1.54, 1.807) is 0 Å². The van der Waals surface area contributed by atoms with Crippen LogP contribution in [0.25, 0.3) is 83.9 Å². The van der Waals surface area contributed by atoms with Crippen molar-refractivity contribution in [2.24, 2.45) is 0 Å². The molecule has 9 aromatic rings. The van der Waals surface area contributed by atoms with Gasteiger partial charge in [-0.15, -0.1) is 0 Å². The number of hydrogen-bond acceptors (Lipinski definition) is 3. The molecule has 0 bridgehead atoms. The molecule has 10 rings (SSSR count). The molecular formula is C51H40N4. The van der Waals surface area contributed by atoms with Gasteiger partial charge in [-0.05, 0) is 63.1 Å². The van der Waals surface area contributed by atoms with Crippen molar-refractivity contribution in [3.63, 3.8) is 0 Å². The van der Waals surface area contributed by atoms with E-state index in [1.165, 1.54) is 44.1 Å². The highest BCUT2D eigenvalue weighted by molar-refractivity contribution is 6.12. The van der Waals surface area contributed by atoms with Crippen LogP contribution < -0.4 is 0 Å². The van der Waals surface area contributed by atoms with Crippen molar-refractivity contribution in [3.05, 3.63) is 181 Å². The third-order valence-corrected chi connectivity index (χ3v) is 12.2. The van der Waals surface area contributed by atoms with Crippen LogP contribution in [0.4, 0.5) is 0 Å². The summed E-state index contributed by atoms with van der Waals surface area (Å²) in [7, 11) is 0. The minimum absolute atomic E-state index is 0.129. The van der Waals surface area contributed by atoms with Crippen molar-refractivity contribution < 1.29 is 0 Å². The molecule has 0 atom stereocenters. The molecule has 7 aromatic carbocycles. The Balaban J connectivity index is 1.31. The first-order valence-electron chi connectivity index (χ1n) is 19.0. The molecule has 4 heteroatoms. The van der Waals surface area contributed by atoms with Gasteiger partial charge in [-0.2, -0.15) is 0 Å². The van der Waals surface area contributed by atoms with Crippen LogP contribution in [-0.4, -0.2) is 19.5 Å². The van der Waals surface area contributed by atoms with Crippen molar-refractivity contribution in [3.8, 4) is 62.1 Å². The minimum atomic E-state index is -0.203. The van der Waals surface area contributed by atoms with Gasteiger partial charge < -0.3 is 4.57 Å². The van der Waals surface area contributed by atoms with Crippen LogP contribution in [0.1, 0.15) is 38.8 Å². The number of benzene rings is 7. The molecule has 1 aliphatic rings. The molecule has 0 unspecified atom stereocenters. The fraction of sp³-hybridized carbons (Fsp3) is 0.118. The molecular weight excluding hydrogens is 669 g/mol. The Hall–Kier alpha value is -6.65. The normalized spacial score (nSPS) is 14.1. The molecule has 55 heavy (non-hydrogen) atoms. The average molecular weight is 709 g/mol. The largest absolute Gasteiger partial charge is 0.309 e. The van der Waals surface area contributed by atoms with Crippen LogP contribution in [0.15, 0.2) is 170 Å². The Bertz CT molecular complexity index is 2850. The van der Waals surface area contributed by atoms with Gasteiger partial charge in [0.2, 0.25) is 0 Å². The number of rotatable bonds is 5. The predicted molar refractivity (Wildman–Crippen MR) is 227 cm³/mol. The lowest BCUT2D eigenvalue weighted by atomic mass is 9.55. The molecule has 0 N–H and O–H groups in total. The Kier molecular flexibility index (Phi) is 7.47. The van der Waals surface area contributed by atoms with Crippen LogP contribution >= 0.6 is 0 Å². The van der Waals surface area contributed by atoms with E-state index in [-0.39, 0.29) is 10.8 Å². The van der Waals surface area contributed by atoms with E-state index in [9.17, 15) is 0 Å². The Morgan fingerprint density at radius 1 is 0.400 bits per heavy atom. The minimum Gasteiger partial charge on any atom is -0.309 e. The summed E-state index contributed by atoms with van der Waals surface area (Å²) in [6.07, 6.45) is 0. The topological polar surface area (TPSA) is 43.6 Å². The Morgan fingerprint density at radius 3 is 1.58 bits per heavy atom. The first-order valence-corrected chi connectivity index (χ1v) is 19.0. The zero-order chi connectivity index (χ0) is 37.3. The second-order valence-corrected chi connectivity index (χ2v) is 15.7. The van der Waals surface area contributed by atoms with Gasteiger partial charge in [0.05, 0.1) is 11.0 Å². The van der Waals surface area contributed by atoms with E-state index in [2.05, 4.69) is 166 Å². The third kappa shape index (κ3) is 5.16. The SMILES string of the molecule is CC1(C)c2ccccc2-c2ccc3c4ccccc4n(-c4cc(-c5ccccc5)cc(-c5nc(-c6ccccc6)nc(-c6ccccc6)n5)c4)c3c2C1(C)C. The van der Waals surface area contributed by atoms with E-state index in [1.807, 2.05) is 36.4 Å². The molecule has 2 aromatic heterocycles. The van der Waals surface area contributed by atoms with E-state index < -0.39 is 0 Å². The molecule has 0 saturated carbocycles. The van der Waals surface area contributed by atoms with Crippen molar-refractivity contribution in [1.82, 2.24) is 19.5 Å². The number of para-hydroxylation sites is 1. The number of hydrogen-bond donors (Lipinski definition) is 0. The molecule has 2 heterocycles. The zero-order valence-corrected chi connectivity index (χ0v) is 31.5. The molecule has 0 radical (unpaired) electrons. The fourth-order valence-corrected chi connectivity index (χ4v) is 8.70. The third-order valence-electron chi connectivity index (χ3n) is 12.2. The number of nitrogens with zero attached hydrogens (tertiary/aromatic N) is 4. The van der Waals surface area contributed by atoms with Gasteiger partial charge >= 0.3 is 0 Å². The van der Waals surface area contributed by atoms with Crippen LogP contribution in [0, 0.1) is 0 Å². The van der Waals surface area contributed by atoms with Gasteiger partial charge in [0.25, 0.3) is 0 Å². The molecule has 0 amide bonds. The lowest BCUT2D eigenvalue weighted by molar-refractivity contribution is 0.301. The van der Waals surface area contributed by atoms with E-state index in [0.29, 0.717) is 17.5 Å². The summed E-state index contributed by atoms with van der Waals surface area (Å²) in [5.74, 6) is 1.92. The van der Waals surface area contributed by atoms with Gasteiger partial charge in [0.15, 0.2) is 17.5 Å². The fourth-order valence-electron chi connectivity index (χ4n) is 8.70. The highest BCUT2D eigenvalue weighted by Crippen LogP contribution is 2.56. The first-order chi connectivity index (χ1) is 26.8. The summed E-state index contributed by atoms with van der Waals surface area (Å²) in [5.41, 5.74) is 13.6. The van der Waals surface area contributed by atoms with E-state index in [4.69, 9.17) is 15.0 Å². The lowest BCUT2D eigenvalue weighted by Gasteiger charge is -2.48. The first kappa shape index (κ1) is 33.0. The molecule has 0 aliphatic heterocycles. The van der Waals surface area contributed by atoms with Gasteiger partial charge in [-0.1, -0.05) is 173 Å². The summed E-state index contributed by atoms with van der Waals surface area (Å²) >= 11 is 0. The second-order valence-electron chi connectivity index (χ2n) is 15.7. The second kappa shape index (κ2) is 12.5. The molecule has 0 saturated heterocycles. The monoisotopic (exact) mass is 708 g/mol. The highest BCUT2D eigenvalue weighted by atomic mass is 15.0. The van der Waals surface area contributed by atoms with Crippen LogP contribution in [0.5, 0.6) is 0 Å². The maximum absolute atomic E-state index is 5.19. The summed E-state index contributed by atoms with van der Waals surface area (Å²) < 4.78 is 2.50. The summed E-state index contributed by atoms with van der Waals surface area (Å²) in [5, 5.41) is 2.49. The van der Waals surface area contributed by atoms with Gasteiger partial charge in [-0.3, -0.25) is 0 Å². The summed E-state index contributed by atoms with van der Waals surface area (Å²) in [6.45, 7) is 9.67. The lowest BCUT2D eigenvalue weighted by Crippen LogP contribution is -2.43. The summed E-state index contributed by atoms with van der Waals surface area (Å²) in [6, 6.07) is 60.3. The average Bonchev–Trinajstić information content (AvgIpc) is 3.58. The standard InChI is InChI=1S/C51H40N4/c1-50(2)43-26-16-14-24-39(43)41-28-29-42-40-25-15-17-27-44(40)55(46(42)45(41)51(50,3)4)38-31-36(33-18-8-5-9-19-33)30-37(32-38)49-53-47(34-20-10-6-11-21-34)52-48(54-49)35-22-12-7-13-23-35/h5-32H,1-4H3. The van der Waals surface area contributed by atoms with Crippen molar-refractivity contribution in [2.45, 2.75) is 38.5 Å². The number of aromatic nitrogens is 4. The maximum Gasteiger partial charge on any atom is 0.164 e. The summed E-state index contributed by atoms with van der Waals surface area (Å²) in [4.78, 5) is 15.4. The van der Waals surface area contributed by atoms with Gasteiger partial charge in [0.1, 0.15) is 0 Å². The molecule has 4 nitrogen and oxygen atoms in total. The van der Waals surface area contributed by atoms with Crippen LogP contribution in [0.2, 0.25) is 0 Å². The Labute approximate surface area is 321 Å². The van der Waals surface area contributed by atoms with Crippen LogP contribution in [0.3, 0.4) is 0 Å². The molecule has 0 fully saturated rings. The molecule has 0 spiro atoms. The van der Waals surface area contributed by atoms with Gasteiger partial charge in [0, 0.05) is 38.6 Å². The van der Waals surface area contributed by atoms with Crippen molar-refractivity contribution in [1.29, 1.82) is 0 Å². The zero-order valence-electron chi connectivity index (χ0n) is 31.5. The van der Waals surface area contributed by atoms with E-state index in [0.717, 1.165) is 33.5 Å². The van der Waals surface area contributed by atoms with Crippen LogP contribution in [-0.2, 0) is 10.8 Å². The molecule has 1 aliphatic carbocycles. The molecule has 264 valence electrons. The van der Waals surface area contributed by atoms with Gasteiger partial charge in [-0.25, -0.2) is 15.0 Å². The quantitative estimate of drug-likeness (QED) is 0.179. The maximum atomic E-state index is 5.19. The van der Waals surface area contributed by atoms with Crippen molar-refractivity contribution >= 4 is 21.8 Å². The van der Waals surface area contributed by atoms with E-state index >= 15 is 0 Å². The predicted octanol–water partition coefficient (Wildman–Crippen LogP) is 12.9. The number of fused-ring (bicyclic) bond motifs is 7. The highest BCUT2D eigenvalue weighted by Gasteiger charge is 2.47. The van der Waals surface area contributed by atoms with Crippen molar-refractivity contribution in [2.75, 3.05) is 0 Å². The smallest absolute Gasteiger partial charge is 0.164 e. The Morgan fingerprint density at radius 2 is 0.927 bits per heavy atom.